The summed E-state index contributed by atoms with van der Waals surface area (Å²) in [6.45, 7) is 0. The number of aliphatic hydroxyl groups excluding tert-OH is 1. The number of carbonyl (C=O) groups is 1. The van der Waals surface area contributed by atoms with Crippen LogP contribution in [0, 0.1) is 0 Å². The molecule has 40 heavy (non-hydrogen) atoms. The minimum atomic E-state index is -1.34. The van der Waals surface area contributed by atoms with Crippen LogP contribution in [-0.4, -0.2) is 58.1 Å². The second-order valence-electron chi connectivity index (χ2n) is 7.29. The average Bonchev–Trinajstić information content (AvgIpc) is 2.95. The maximum absolute atomic E-state index is 12.0. The molecule has 0 saturated carbocycles. The van der Waals surface area contributed by atoms with Gasteiger partial charge in [-0.1, -0.05) is 42.1 Å². The van der Waals surface area contributed by atoms with E-state index in [1.807, 2.05) is 36.4 Å². The van der Waals surface area contributed by atoms with Gasteiger partial charge in [0.15, 0.2) is 0 Å². The third-order valence-corrected chi connectivity index (χ3v) is 4.85. The van der Waals surface area contributed by atoms with Gasteiger partial charge in [0.1, 0.15) is 11.5 Å². The Morgan fingerprint density at radius 1 is 0.950 bits per heavy atom. The maximum atomic E-state index is 12.0. The van der Waals surface area contributed by atoms with Gasteiger partial charge in [0, 0.05) is 32.1 Å². The van der Waals surface area contributed by atoms with E-state index in [1.165, 1.54) is 37.6 Å². The van der Waals surface area contributed by atoms with Crippen molar-refractivity contribution in [2.75, 3.05) is 14.2 Å². The fourth-order valence-electron chi connectivity index (χ4n) is 3.05. The summed E-state index contributed by atoms with van der Waals surface area (Å²) in [5.74, 6) is -1.45. The number of hydrogen-bond donors (Lipinski definition) is 2. The van der Waals surface area contributed by atoms with E-state index in [9.17, 15) is 20.1 Å². The fraction of sp³-hybridized carbons (Fsp3) is 0.143. The molecule has 0 aliphatic heterocycles. The Hall–Kier alpha value is -4.26. The van der Waals surface area contributed by atoms with E-state index in [0.717, 1.165) is 18.5 Å². The van der Waals surface area contributed by atoms with Crippen LogP contribution in [0.3, 0.4) is 0 Å². The summed E-state index contributed by atoms with van der Waals surface area (Å²) in [7, 11) is 2.38. The first-order valence-corrected chi connectivity index (χ1v) is 11.1. The standard InChI is InChI=1S/C17H17NO5.C10H8N2.CH4O.H2O.O.V/c1-23-15-4-2-3-12(16(15)20)10-18-14(17(21)22)9-11-5-7-13(19)8-6-11;1-3-7-11-9(5-1)10-6-2-4-8-12-10;1-2;;;/h2-8,10,14,19-20H,9H2,1H3,(H,21,22);1-8H;2H,1H3;1H2;;/q;;;;-2;+4/p-2/t14-;;;;;/m1...../s1. The van der Waals surface area contributed by atoms with Crippen molar-refractivity contribution in [3.8, 4) is 28.6 Å². The maximum Gasteiger partial charge on any atom is 4.00 e. The summed E-state index contributed by atoms with van der Waals surface area (Å²) in [4.78, 5) is 23.5. The van der Waals surface area contributed by atoms with E-state index >= 15 is 0 Å². The van der Waals surface area contributed by atoms with Gasteiger partial charge in [-0.15, -0.1) is 0 Å². The molecule has 0 bridgehead atoms. The van der Waals surface area contributed by atoms with Gasteiger partial charge in [0.05, 0.1) is 30.5 Å². The number of carboxylic acids is 1. The number of aromatic nitrogens is 2. The molecule has 0 unspecified atom stereocenters. The van der Waals surface area contributed by atoms with Crippen LogP contribution in [0.5, 0.6) is 17.2 Å². The number of pyridine rings is 2. The van der Waals surface area contributed by atoms with E-state index in [4.69, 9.17) is 9.84 Å². The van der Waals surface area contributed by atoms with Gasteiger partial charge >= 0.3 is 18.6 Å². The molecule has 11 nitrogen and oxygen atoms in total. The number of methoxy groups -OCH3 is 1. The number of aromatic hydroxyl groups is 1. The largest absolute Gasteiger partial charge is 4.00 e. The molecule has 2 aromatic carbocycles. The van der Waals surface area contributed by atoms with Crippen LogP contribution in [0.4, 0.5) is 0 Å². The molecule has 0 aliphatic carbocycles. The third-order valence-electron chi connectivity index (χ3n) is 4.85. The number of hydrogen-bond acceptors (Lipinski definition) is 9. The van der Waals surface area contributed by atoms with Crippen LogP contribution in [0.2, 0.25) is 0 Å². The molecular formula is C28H29N3O8V. The topological polar surface area (TPSA) is 211 Å². The average molecular weight is 586 g/mol. The van der Waals surface area contributed by atoms with E-state index in [2.05, 4.69) is 15.0 Å². The Bertz CT molecular complexity index is 1220. The molecule has 2 aromatic heterocycles. The SMILES string of the molecule is CO.COc1cccc(C=N[C@H](Cc2ccc(O)cc2)C(=O)[O-])c1[O-].O.[O-2].[V+4].c1ccc(-c2ccccn2)nc1. The Balaban J connectivity index is 0. The molecule has 0 aliphatic rings. The number of aliphatic imine (C=N–C) groups is 1. The number of ether oxygens (including phenoxy) is 1. The van der Waals surface area contributed by atoms with Crippen molar-refractivity contribution in [1.29, 1.82) is 0 Å². The number of phenolic OH excluding ortho intramolecular Hbond substituents is 1. The predicted molar refractivity (Wildman–Crippen MR) is 141 cm³/mol. The van der Waals surface area contributed by atoms with Crippen molar-refractivity contribution >= 4 is 12.2 Å². The molecule has 0 saturated heterocycles. The predicted octanol–water partition coefficient (Wildman–Crippen LogP) is 1.06. The molecule has 4 rings (SSSR count). The van der Waals surface area contributed by atoms with Crippen molar-refractivity contribution < 1.29 is 59.5 Å². The molecule has 0 spiro atoms. The summed E-state index contributed by atoms with van der Waals surface area (Å²) >= 11 is 0. The van der Waals surface area contributed by atoms with E-state index in [1.54, 1.807) is 30.6 Å². The molecule has 1 atom stereocenters. The summed E-state index contributed by atoms with van der Waals surface area (Å²) in [5, 5.41) is 39.4. The smallest absolute Gasteiger partial charge is 2.00 e. The molecule has 209 valence electrons. The van der Waals surface area contributed by atoms with Crippen molar-refractivity contribution in [1.82, 2.24) is 9.97 Å². The van der Waals surface area contributed by atoms with E-state index < -0.39 is 12.0 Å². The quantitative estimate of drug-likeness (QED) is 0.298. The number of benzene rings is 2. The van der Waals surface area contributed by atoms with Crippen molar-refractivity contribution in [2.24, 2.45) is 4.99 Å². The first kappa shape index (κ1) is 37.9. The molecule has 0 amide bonds. The Morgan fingerprint density at radius 2 is 1.50 bits per heavy atom. The summed E-state index contributed by atoms with van der Waals surface area (Å²) in [5.41, 5.74) is 2.75. The Morgan fingerprint density at radius 3 is 1.95 bits per heavy atom. The molecule has 0 fully saturated rings. The summed E-state index contributed by atoms with van der Waals surface area (Å²) in [6, 6.07) is 21.3. The van der Waals surface area contributed by atoms with Crippen LogP contribution in [0.25, 0.3) is 11.4 Å². The van der Waals surface area contributed by atoms with E-state index in [0.29, 0.717) is 5.56 Å². The first-order chi connectivity index (χ1) is 18.0. The number of phenols is 1. The molecule has 4 N–H and O–H groups in total. The zero-order valence-corrected chi connectivity index (χ0v) is 23.1. The van der Waals surface area contributed by atoms with Gasteiger partial charge in [-0.05, 0) is 53.6 Å². The molecular weight excluding hydrogens is 557 g/mol. The van der Waals surface area contributed by atoms with E-state index in [-0.39, 0.29) is 58.7 Å². The molecule has 2 heterocycles. The fourth-order valence-corrected chi connectivity index (χ4v) is 3.05. The van der Waals surface area contributed by atoms with Gasteiger partial charge in [0.2, 0.25) is 0 Å². The van der Waals surface area contributed by atoms with Crippen LogP contribution in [0.1, 0.15) is 11.1 Å². The third kappa shape index (κ3) is 12.1. The van der Waals surface area contributed by atoms with Crippen molar-refractivity contribution in [2.45, 2.75) is 12.5 Å². The number of nitrogens with zero attached hydrogens (tertiary/aromatic N) is 3. The summed E-state index contributed by atoms with van der Waals surface area (Å²) < 4.78 is 4.92. The van der Waals surface area contributed by atoms with Crippen molar-refractivity contribution in [3.05, 3.63) is 102 Å². The normalized spacial score (nSPS) is 10.1. The number of rotatable bonds is 7. The van der Waals surface area contributed by atoms with Gasteiger partial charge in [-0.2, -0.15) is 0 Å². The molecule has 12 heteroatoms. The second-order valence-corrected chi connectivity index (χ2v) is 7.29. The van der Waals surface area contributed by atoms with Crippen LogP contribution >= 0.6 is 0 Å². The van der Waals surface area contributed by atoms with Crippen molar-refractivity contribution in [3.63, 3.8) is 0 Å². The van der Waals surface area contributed by atoms with Crippen LogP contribution in [0.15, 0.2) is 96.2 Å². The number of aliphatic hydroxyl groups is 1. The minimum absolute atomic E-state index is 0. The number of aliphatic carboxylic acids is 1. The Kier molecular flexibility index (Phi) is 19.6. The number of para-hydroxylation sites is 1. The molecule has 1 radical (unpaired) electrons. The zero-order valence-electron chi connectivity index (χ0n) is 21.7. The van der Waals surface area contributed by atoms with Gasteiger partial charge in [-0.25, -0.2) is 0 Å². The monoisotopic (exact) mass is 586 g/mol. The number of carboxylic acid groups (broad SMARTS) is 1. The first-order valence-electron chi connectivity index (χ1n) is 11.1. The second kappa shape index (κ2) is 20.7. The van der Waals surface area contributed by atoms with Crippen LogP contribution < -0.4 is 14.9 Å². The number of carbonyl (C=O) groups excluding carboxylic acids is 1. The van der Waals surface area contributed by atoms with Crippen LogP contribution in [-0.2, 0) is 35.2 Å². The zero-order chi connectivity index (χ0) is 27.0. The van der Waals surface area contributed by atoms with Gasteiger partial charge in [0.25, 0.3) is 0 Å². The van der Waals surface area contributed by atoms with Gasteiger partial charge < -0.3 is 40.9 Å². The molecule has 4 aromatic rings. The van der Waals surface area contributed by atoms with Gasteiger partial charge in [-0.3, -0.25) is 15.0 Å². The summed E-state index contributed by atoms with van der Waals surface area (Å²) in [6.07, 6.45) is 4.84. The minimum Gasteiger partial charge on any atom is -2.00 e. The Labute approximate surface area is 244 Å².